The quantitative estimate of drug-likeness (QED) is 0.501. The maximum atomic E-state index is 13.6. The highest BCUT2D eigenvalue weighted by Gasteiger charge is 2.23. The Hall–Kier alpha value is -4.01. The molecule has 1 aliphatic heterocycles. The van der Waals surface area contributed by atoms with Crippen LogP contribution < -0.4 is 15.8 Å². The first kappa shape index (κ1) is 19.9. The third-order valence-electron chi connectivity index (χ3n) is 5.43. The average Bonchev–Trinajstić information content (AvgIpc) is 3.13. The molecule has 1 amide bonds. The molecular formula is C23H21FN6O2. The highest BCUT2D eigenvalue weighted by atomic mass is 19.1. The summed E-state index contributed by atoms with van der Waals surface area (Å²) < 4.78 is 21.2. The summed E-state index contributed by atoms with van der Waals surface area (Å²) in [6.07, 6.45) is 3.43. The number of amides is 1. The first-order valence-corrected chi connectivity index (χ1v) is 10.3. The van der Waals surface area contributed by atoms with Gasteiger partial charge >= 0.3 is 0 Å². The van der Waals surface area contributed by atoms with Crippen molar-refractivity contribution in [2.24, 2.45) is 5.73 Å². The summed E-state index contributed by atoms with van der Waals surface area (Å²) in [6.45, 7) is 2.81. The smallest absolute Gasteiger partial charge is 0.252 e. The average molecular weight is 432 g/mol. The van der Waals surface area contributed by atoms with Gasteiger partial charge in [-0.25, -0.2) is 14.4 Å². The molecule has 3 N–H and O–H groups in total. The van der Waals surface area contributed by atoms with Crippen molar-refractivity contribution >= 4 is 17.4 Å². The monoisotopic (exact) mass is 432 g/mol. The van der Waals surface area contributed by atoms with E-state index in [1.54, 1.807) is 28.8 Å². The van der Waals surface area contributed by atoms with Gasteiger partial charge in [0.1, 0.15) is 23.0 Å². The van der Waals surface area contributed by atoms with E-state index in [9.17, 15) is 9.18 Å². The number of primary amides is 1. The number of nitrogens with one attached hydrogen (secondary N) is 1. The number of ether oxygens (including phenoxy) is 1. The first-order valence-electron chi connectivity index (χ1n) is 10.3. The molecule has 0 aliphatic carbocycles. The minimum Gasteiger partial charge on any atom is -0.477 e. The predicted octanol–water partition coefficient (Wildman–Crippen LogP) is 3.27. The van der Waals surface area contributed by atoms with Gasteiger partial charge in [-0.15, -0.1) is 0 Å². The van der Waals surface area contributed by atoms with Crippen molar-refractivity contribution in [2.75, 3.05) is 11.9 Å². The number of benzene rings is 1. The van der Waals surface area contributed by atoms with Crippen LogP contribution in [0.3, 0.4) is 0 Å². The second-order valence-electron chi connectivity index (χ2n) is 7.64. The van der Waals surface area contributed by atoms with Gasteiger partial charge in [0.15, 0.2) is 5.82 Å². The standard InChI is InChI=1S/C23H21FN6O2/c1-13-18(30-9-3-7-16(19(25)31)22(30)27-13)21-28-20(17-8-4-10-32-23(17)29-21)26-12-14-5-2-6-15(24)11-14/h2-3,5-7,9,11H,4,8,10,12H2,1H3,(H2,25,31)(H,26,28,29). The first-order chi connectivity index (χ1) is 15.5. The van der Waals surface area contributed by atoms with Gasteiger partial charge < -0.3 is 15.8 Å². The number of rotatable bonds is 5. The second-order valence-corrected chi connectivity index (χ2v) is 7.64. The fourth-order valence-corrected chi connectivity index (χ4v) is 3.95. The third-order valence-corrected chi connectivity index (χ3v) is 5.43. The normalized spacial score (nSPS) is 12.9. The topological polar surface area (TPSA) is 107 Å². The number of nitrogens with two attached hydrogens (primary N) is 1. The van der Waals surface area contributed by atoms with Crippen LogP contribution >= 0.6 is 0 Å². The molecule has 4 heterocycles. The molecule has 0 radical (unpaired) electrons. The highest BCUT2D eigenvalue weighted by molar-refractivity contribution is 5.99. The predicted molar refractivity (Wildman–Crippen MR) is 117 cm³/mol. The number of nitrogens with zero attached hydrogens (tertiary/aromatic N) is 4. The van der Waals surface area contributed by atoms with Crippen molar-refractivity contribution < 1.29 is 13.9 Å². The second kappa shape index (κ2) is 7.92. The number of pyridine rings is 1. The van der Waals surface area contributed by atoms with Crippen molar-refractivity contribution in [1.29, 1.82) is 0 Å². The van der Waals surface area contributed by atoms with E-state index in [-0.39, 0.29) is 5.82 Å². The number of carbonyl (C=O) groups is 1. The summed E-state index contributed by atoms with van der Waals surface area (Å²) in [4.78, 5) is 25.8. The van der Waals surface area contributed by atoms with Crippen molar-refractivity contribution in [1.82, 2.24) is 19.4 Å². The highest BCUT2D eigenvalue weighted by Crippen LogP contribution is 2.33. The fourth-order valence-electron chi connectivity index (χ4n) is 3.95. The molecule has 0 spiro atoms. The molecule has 5 rings (SSSR count). The summed E-state index contributed by atoms with van der Waals surface area (Å²) in [6, 6.07) is 9.79. The SMILES string of the molecule is Cc1nc2c(C(N)=O)cccn2c1-c1nc(NCc2cccc(F)c2)c2c(n1)OCCC2. The summed E-state index contributed by atoms with van der Waals surface area (Å²) in [5.74, 6) is 0.723. The van der Waals surface area contributed by atoms with Gasteiger partial charge in [0.25, 0.3) is 5.91 Å². The lowest BCUT2D eigenvalue weighted by molar-refractivity contribution is 0.100. The van der Waals surface area contributed by atoms with E-state index in [2.05, 4.69) is 15.3 Å². The van der Waals surface area contributed by atoms with Gasteiger partial charge in [0.2, 0.25) is 5.88 Å². The van der Waals surface area contributed by atoms with Crippen LogP contribution in [0.1, 0.15) is 33.6 Å². The molecule has 3 aromatic heterocycles. The molecule has 9 heteroatoms. The van der Waals surface area contributed by atoms with E-state index in [1.807, 2.05) is 13.0 Å². The Kier molecular flexibility index (Phi) is 4.93. The molecule has 0 bridgehead atoms. The summed E-state index contributed by atoms with van der Waals surface area (Å²) >= 11 is 0. The van der Waals surface area contributed by atoms with Crippen LogP contribution in [-0.4, -0.2) is 31.9 Å². The Morgan fingerprint density at radius 3 is 2.94 bits per heavy atom. The van der Waals surface area contributed by atoms with E-state index in [1.165, 1.54) is 12.1 Å². The number of anilines is 1. The number of carbonyl (C=O) groups excluding carboxylic acids is 1. The number of hydrogen-bond acceptors (Lipinski definition) is 6. The lowest BCUT2D eigenvalue weighted by Crippen LogP contribution is -2.16. The largest absolute Gasteiger partial charge is 0.477 e. The van der Waals surface area contributed by atoms with Crippen molar-refractivity contribution in [3.05, 3.63) is 70.8 Å². The zero-order valence-electron chi connectivity index (χ0n) is 17.4. The lowest BCUT2D eigenvalue weighted by atomic mass is 10.1. The molecule has 0 saturated carbocycles. The zero-order valence-corrected chi connectivity index (χ0v) is 17.4. The molecule has 0 atom stereocenters. The number of aromatic nitrogens is 4. The molecule has 32 heavy (non-hydrogen) atoms. The number of halogens is 1. The molecule has 1 aromatic carbocycles. The Morgan fingerprint density at radius 2 is 2.12 bits per heavy atom. The van der Waals surface area contributed by atoms with Gasteiger partial charge in [-0.2, -0.15) is 4.98 Å². The Morgan fingerprint density at radius 1 is 1.25 bits per heavy atom. The van der Waals surface area contributed by atoms with Crippen molar-refractivity contribution in [3.8, 4) is 17.4 Å². The third kappa shape index (κ3) is 3.51. The number of hydrogen-bond donors (Lipinski definition) is 2. The van der Waals surface area contributed by atoms with E-state index in [0.717, 1.165) is 24.0 Å². The van der Waals surface area contributed by atoms with Crippen LogP contribution in [0.2, 0.25) is 0 Å². The van der Waals surface area contributed by atoms with E-state index >= 15 is 0 Å². The molecule has 4 aromatic rings. The lowest BCUT2D eigenvalue weighted by Gasteiger charge is -2.20. The van der Waals surface area contributed by atoms with Crippen LogP contribution in [0, 0.1) is 12.7 Å². The maximum absolute atomic E-state index is 13.6. The minimum absolute atomic E-state index is 0.287. The number of imidazole rings is 1. The minimum atomic E-state index is -0.556. The molecule has 8 nitrogen and oxygen atoms in total. The fraction of sp³-hybridized carbons (Fsp3) is 0.217. The Bertz CT molecular complexity index is 1350. The molecule has 0 saturated heterocycles. The van der Waals surface area contributed by atoms with Gasteiger partial charge in [-0.3, -0.25) is 9.20 Å². The zero-order chi connectivity index (χ0) is 22.2. The van der Waals surface area contributed by atoms with E-state index in [4.69, 9.17) is 15.5 Å². The number of fused-ring (bicyclic) bond motifs is 2. The molecule has 0 fully saturated rings. The van der Waals surface area contributed by atoms with Gasteiger partial charge in [0.05, 0.1) is 23.4 Å². The summed E-state index contributed by atoms with van der Waals surface area (Å²) in [5.41, 5.74) is 9.28. The van der Waals surface area contributed by atoms with E-state index in [0.29, 0.717) is 53.3 Å². The van der Waals surface area contributed by atoms with Gasteiger partial charge in [-0.05, 0) is 49.6 Å². The molecular weight excluding hydrogens is 411 g/mol. The van der Waals surface area contributed by atoms with Crippen LogP contribution in [0.15, 0.2) is 42.6 Å². The molecule has 0 unspecified atom stereocenters. The van der Waals surface area contributed by atoms with Crippen molar-refractivity contribution in [2.45, 2.75) is 26.3 Å². The summed E-state index contributed by atoms with van der Waals surface area (Å²) in [5, 5.41) is 3.31. The number of aryl methyl sites for hydroxylation is 1. The molecule has 1 aliphatic rings. The molecule has 162 valence electrons. The Balaban J connectivity index is 1.61. The van der Waals surface area contributed by atoms with Gasteiger partial charge in [-0.1, -0.05) is 12.1 Å². The Labute approximate surface area is 183 Å². The van der Waals surface area contributed by atoms with Gasteiger partial charge in [0, 0.05) is 12.7 Å². The van der Waals surface area contributed by atoms with Crippen LogP contribution in [0.5, 0.6) is 5.88 Å². The van der Waals surface area contributed by atoms with Crippen LogP contribution in [0.25, 0.3) is 17.2 Å². The maximum Gasteiger partial charge on any atom is 0.252 e. The van der Waals surface area contributed by atoms with E-state index < -0.39 is 5.91 Å². The van der Waals surface area contributed by atoms with Crippen molar-refractivity contribution in [3.63, 3.8) is 0 Å². The van der Waals surface area contributed by atoms with Crippen LogP contribution in [0.4, 0.5) is 10.2 Å². The summed E-state index contributed by atoms with van der Waals surface area (Å²) in [7, 11) is 0. The van der Waals surface area contributed by atoms with Crippen LogP contribution in [-0.2, 0) is 13.0 Å².